The largest absolute Gasteiger partial charge is 0.352 e. The van der Waals surface area contributed by atoms with E-state index in [0.29, 0.717) is 18.0 Å². The van der Waals surface area contributed by atoms with E-state index in [-0.39, 0.29) is 5.82 Å². The van der Waals surface area contributed by atoms with Crippen LogP contribution in [0.15, 0.2) is 29.3 Å². The summed E-state index contributed by atoms with van der Waals surface area (Å²) in [4.78, 5) is 6.56. The Labute approximate surface area is 114 Å². The molecular weight excluding hydrogens is 241 g/mol. The van der Waals surface area contributed by atoms with Crippen molar-refractivity contribution >= 4 is 5.96 Å². The van der Waals surface area contributed by atoms with Gasteiger partial charge in [-0.25, -0.2) is 4.39 Å². The summed E-state index contributed by atoms with van der Waals surface area (Å²) in [5.74, 6) is 1.40. The third-order valence-electron chi connectivity index (χ3n) is 3.56. The van der Waals surface area contributed by atoms with Gasteiger partial charge in [0.25, 0.3) is 0 Å². The number of guanidine groups is 1. The van der Waals surface area contributed by atoms with E-state index < -0.39 is 0 Å². The maximum absolute atomic E-state index is 13.6. The van der Waals surface area contributed by atoms with Gasteiger partial charge >= 0.3 is 0 Å². The number of benzene rings is 1. The van der Waals surface area contributed by atoms with Crippen LogP contribution in [0.5, 0.6) is 0 Å². The van der Waals surface area contributed by atoms with Crippen molar-refractivity contribution < 1.29 is 4.39 Å². The van der Waals surface area contributed by atoms with E-state index in [4.69, 9.17) is 0 Å². The molecule has 0 radical (unpaired) electrons. The summed E-state index contributed by atoms with van der Waals surface area (Å²) in [5, 5.41) is 3.25. The lowest BCUT2D eigenvalue weighted by atomic mass is 10.0. The van der Waals surface area contributed by atoms with Gasteiger partial charge < -0.3 is 10.2 Å². The highest BCUT2D eigenvalue weighted by molar-refractivity contribution is 5.79. The number of nitrogens with one attached hydrogen (secondary N) is 1. The number of aliphatic imine (C=N–C) groups is 1. The number of hydrogen-bond acceptors (Lipinski definition) is 1. The average Bonchev–Trinajstić information content (AvgIpc) is 2.41. The van der Waals surface area contributed by atoms with Crippen molar-refractivity contribution in [2.24, 2.45) is 10.9 Å². The first-order chi connectivity index (χ1) is 9.20. The van der Waals surface area contributed by atoms with E-state index in [1.54, 1.807) is 19.2 Å². The minimum absolute atomic E-state index is 0.169. The summed E-state index contributed by atoms with van der Waals surface area (Å²) >= 11 is 0. The average molecular weight is 263 g/mol. The molecule has 0 aromatic heterocycles. The summed E-state index contributed by atoms with van der Waals surface area (Å²) < 4.78 is 13.6. The molecule has 1 aromatic rings. The SMILES string of the molecule is CN=C(NCc1ccccc1F)N1CCCC(C)C1. The Morgan fingerprint density at radius 2 is 2.26 bits per heavy atom. The molecule has 1 fully saturated rings. The summed E-state index contributed by atoms with van der Waals surface area (Å²) in [6.45, 7) is 4.79. The summed E-state index contributed by atoms with van der Waals surface area (Å²) in [7, 11) is 1.78. The highest BCUT2D eigenvalue weighted by atomic mass is 19.1. The highest BCUT2D eigenvalue weighted by Crippen LogP contribution is 2.15. The Morgan fingerprint density at radius 1 is 1.47 bits per heavy atom. The number of hydrogen-bond donors (Lipinski definition) is 1. The molecule has 1 heterocycles. The van der Waals surface area contributed by atoms with Gasteiger partial charge in [-0.1, -0.05) is 25.1 Å². The molecule has 0 amide bonds. The molecule has 0 spiro atoms. The number of nitrogens with zero attached hydrogens (tertiary/aromatic N) is 2. The van der Waals surface area contributed by atoms with E-state index in [9.17, 15) is 4.39 Å². The number of rotatable bonds is 2. The Morgan fingerprint density at radius 3 is 2.95 bits per heavy atom. The first kappa shape index (κ1) is 13.8. The van der Waals surface area contributed by atoms with E-state index in [2.05, 4.69) is 22.1 Å². The van der Waals surface area contributed by atoms with E-state index in [1.165, 1.54) is 18.9 Å². The maximum Gasteiger partial charge on any atom is 0.193 e. The second-order valence-electron chi connectivity index (χ2n) is 5.19. The van der Waals surface area contributed by atoms with Crippen molar-refractivity contribution in [2.75, 3.05) is 20.1 Å². The maximum atomic E-state index is 13.6. The second kappa shape index (κ2) is 6.55. The fourth-order valence-electron chi connectivity index (χ4n) is 2.53. The predicted molar refractivity (Wildman–Crippen MR) is 76.6 cm³/mol. The molecule has 104 valence electrons. The standard InChI is InChI=1S/C15H22FN3/c1-12-6-5-9-19(11-12)15(17-2)18-10-13-7-3-4-8-14(13)16/h3-4,7-8,12H,5-6,9-11H2,1-2H3,(H,17,18). The van der Waals surface area contributed by atoms with Gasteiger partial charge in [0.2, 0.25) is 0 Å². The third-order valence-corrected chi connectivity index (χ3v) is 3.56. The van der Waals surface area contributed by atoms with Crippen LogP contribution in [0.3, 0.4) is 0 Å². The summed E-state index contributed by atoms with van der Waals surface area (Å²) in [6.07, 6.45) is 2.47. The van der Waals surface area contributed by atoms with Crippen LogP contribution in [0.25, 0.3) is 0 Å². The summed E-state index contributed by atoms with van der Waals surface area (Å²) in [6, 6.07) is 6.85. The lowest BCUT2D eigenvalue weighted by Gasteiger charge is -2.33. The van der Waals surface area contributed by atoms with Crippen LogP contribution in [0.1, 0.15) is 25.3 Å². The Balaban J connectivity index is 1.95. The van der Waals surface area contributed by atoms with Crippen LogP contribution in [-0.4, -0.2) is 31.0 Å². The first-order valence-electron chi connectivity index (χ1n) is 6.89. The van der Waals surface area contributed by atoms with Crippen molar-refractivity contribution in [3.63, 3.8) is 0 Å². The zero-order valence-electron chi connectivity index (χ0n) is 11.7. The van der Waals surface area contributed by atoms with Crippen LogP contribution in [0.4, 0.5) is 4.39 Å². The van der Waals surface area contributed by atoms with Gasteiger partial charge in [0, 0.05) is 32.2 Å². The van der Waals surface area contributed by atoms with Crippen LogP contribution >= 0.6 is 0 Å². The van der Waals surface area contributed by atoms with Crippen molar-refractivity contribution in [2.45, 2.75) is 26.3 Å². The minimum Gasteiger partial charge on any atom is -0.352 e. The molecule has 2 rings (SSSR count). The van der Waals surface area contributed by atoms with Crippen molar-refractivity contribution in [3.8, 4) is 0 Å². The Bertz CT molecular complexity index is 445. The molecule has 1 unspecified atom stereocenters. The van der Waals surface area contributed by atoms with Crippen molar-refractivity contribution in [3.05, 3.63) is 35.6 Å². The van der Waals surface area contributed by atoms with Gasteiger partial charge in [-0.15, -0.1) is 0 Å². The lowest BCUT2D eigenvalue weighted by Crippen LogP contribution is -2.45. The van der Waals surface area contributed by atoms with Gasteiger partial charge in [0.1, 0.15) is 5.82 Å². The molecule has 1 atom stereocenters. The smallest absolute Gasteiger partial charge is 0.193 e. The Kier molecular flexibility index (Phi) is 4.77. The molecule has 0 saturated carbocycles. The van der Waals surface area contributed by atoms with Gasteiger partial charge in [-0.3, -0.25) is 4.99 Å². The van der Waals surface area contributed by atoms with Crippen molar-refractivity contribution in [1.29, 1.82) is 0 Å². The predicted octanol–water partition coefficient (Wildman–Crippen LogP) is 2.63. The molecule has 3 nitrogen and oxygen atoms in total. The van der Waals surface area contributed by atoms with Gasteiger partial charge in [-0.05, 0) is 24.8 Å². The molecule has 1 N–H and O–H groups in total. The number of piperidine rings is 1. The first-order valence-corrected chi connectivity index (χ1v) is 6.89. The number of likely N-dealkylation sites (tertiary alicyclic amines) is 1. The number of halogens is 1. The molecule has 0 bridgehead atoms. The van der Waals surface area contributed by atoms with Gasteiger partial charge in [-0.2, -0.15) is 0 Å². The zero-order chi connectivity index (χ0) is 13.7. The fraction of sp³-hybridized carbons (Fsp3) is 0.533. The van der Waals surface area contributed by atoms with E-state index in [0.717, 1.165) is 19.0 Å². The third kappa shape index (κ3) is 3.69. The van der Waals surface area contributed by atoms with Crippen LogP contribution in [0, 0.1) is 11.7 Å². The zero-order valence-corrected chi connectivity index (χ0v) is 11.7. The Hall–Kier alpha value is -1.58. The monoisotopic (exact) mass is 263 g/mol. The quantitative estimate of drug-likeness (QED) is 0.656. The normalized spacial score (nSPS) is 20.5. The summed E-state index contributed by atoms with van der Waals surface area (Å²) in [5.41, 5.74) is 0.675. The molecule has 4 heteroatoms. The van der Waals surface area contributed by atoms with Crippen LogP contribution in [-0.2, 0) is 6.54 Å². The van der Waals surface area contributed by atoms with E-state index >= 15 is 0 Å². The second-order valence-corrected chi connectivity index (χ2v) is 5.19. The topological polar surface area (TPSA) is 27.6 Å². The van der Waals surface area contributed by atoms with Gasteiger partial charge in [0.05, 0.1) is 0 Å². The molecule has 1 saturated heterocycles. The van der Waals surface area contributed by atoms with Crippen molar-refractivity contribution in [1.82, 2.24) is 10.2 Å². The minimum atomic E-state index is -0.169. The highest BCUT2D eigenvalue weighted by Gasteiger charge is 2.19. The molecule has 19 heavy (non-hydrogen) atoms. The van der Waals surface area contributed by atoms with Gasteiger partial charge in [0.15, 0.2) is 5.96 Å². The lowest BCUT2D eigenvalue weighted by molar-refractivity contribution is 0.266. The molecule has 1 aliphatic rings. The molecule has 1 aromatic carbocycles. The molecular formula is C15H22FN3. The van der Waals surface area contributed by atoms with E-state index in [1.807, 2.05) is 6.07 Å². The van der Waals surface area contributed by atoms with Crippen LogP contribution in [0.2, 0.25) is 0 Å². The molecule has 1 aliphatic heterocycles. The fourth-order valence-corrected chi connectivity index (χ4v) is 2.53. The van der Waals surface area contributed by atoms with Crippen LogP contribution < -0.4 is 5.32 Å². The molecule has 0 aliphatic carbocycles.